The van der Waals surface area contributed by atoms with Crippen LogP contribution in [0.15, 0.2) is 382 Å². The molecule has 1 N–H and O–H groups in total. The van der Waals surface area contributed by atoms with Gasteiger partial charge in [-0.15, -0.1) is 0 Å². The Balaban J connectivity index is 0.000000155. The molecule has 2 atom stereocenters. The van der Waals surface area contributed by atoms with Crippen LogP contribution < -0.4 is 49.9 Å². The van der Waals surface area contributed by atoms with Crippen LogP contribution >= 0.6 is 46.5 Å². The van der Waals surface area contributed by atoms with Crippen LogP contribution in [-0.2, 0) is 13.6 Å². The number of aromatic nitrogens is 2. The molecule has 0 fully saturated rings. The summed E-state index contributed by atoms with van der Waals surface area (Å²) in [4.78, 5) is 11.6. The molecule has 3 radical (unpaired) electrons. The third-order valence-electron chi connectivity index (χ3n) is 23.9. The highest BCUT2D eigenvalue weighted by atomic mass is 35.5. The number of likely N-dealkylation sites (N-methyl/N-ethyl adjacent to an activating group) is 2. The smallest absolute Gasteiger partial charge is 0.262 e. The first kappa shape index (κ1) is 101. The summed E-state index contributed by atoms with van der Waals surface area (Å²) in [5.41, 5.74) is 20.7. The molecule has 1 aliphatic carbocycles. The van der Waals surface area contributed by atoms with Crippen LogP contribution in [0, 0.1) is 11.2 Å². The topological polar surface area (TPSA) is 31.2 Å². The number of ether oxygens (including phenoxy) is 1. The molecule has 15 heteroatoms. The molecule has 4 aliphatic heterocycles. The molecular weight excluding hydrogens is 1700 g/mol. The first-order chi connectivity index (χ1) is 65.0. The number of nitrogens with zero attached hydrogens (tertiary/aromatic N) is 5. The van der Waals surface area contributed by atoms with E-state index in [0.29, 0.717) is 6.04 Å². The minimum Gasteiger partial charge on any atom is -0.497 e. The summed E-state index contributed by atoms with van der Waals surface area (Å²) in [6.07, 6.45) is 58.7. The largest absolute Gasteiger partial charge is 0.497 e. The lowest BCUT2D eigenvalue weighted by Gasteiger charge is -2.31. The van der Waals surface area contributed by atoms with Crippen LogP contribution in [0.25, 0.3) is 56.2 Å². The van der Waals surface area contributed by atoms with Crippen molar-refractivity contribution < 1.29 is 23.2 Å². The van der Waals surface area contributed by atoms with Gasteiger partial charge in [0.1, 0.15) is 56.1 Å². The molecule has 17 rings (SSSR count). The van der Waals surface area contributed by atoms with Crippen molar-refractivity contribution in [1.82, 2.24) is 0 Å². The number of fused-ring (bicyclic) bond motifs is 8. The number of hydrogen-bond acceptors (Lipinski definition) is 7. The predicted octanol–water partition coefficient (Wildman–Crippen LogP) is 28.5. The van der Waals surface area contributed by atoms with E-state index in [2.05, 4.69) is 405 Å². The molecule has 0 bridgehead atoms. The van der Waals surface area contributed by atoms with Gasteiger partial charge in [-0.2, -0.15) is 4.57 Å². The maximum absolute atomic E-state index is 12.3. The van der Waals surface area contributed by atoms with Gasteiger partial charge in [0.05, 0.1) is 40.5 Å². The van der Waals surface area contributed by atoms with Gasteiger partial charge in [-0.25, -0.2) is 8.96 Å². The number of para-hydroxylation sites is 4. The second kappa shape index (κ2) is 52.3. The Morgan fingerprint density at radius 1 is 0.586 bits per heavy atom. The maximum Gasteiger partial charge on any atom is 0.262 e. The molecule has 5 aliphatic rings. The minimum absolute atomic E-state index is 0.175. The highest BCUT2D eigenvalue weighted by molar-refractivity contribution is 8.04. The predicted molar refractivity (Wildman–Crippen MR) is 584 cm³/mol. The summed E-state index contributed by atoms with van der Waals surface area (Å²) < 4.78 is 23.3. The van der Waals surface area contributed by atoms with E-state index in [0.717, 1.165) is 67.2 Å². The van der Waals surface area contributed by atoms with Crippen LogP contribution in [0.3, 0.4) is 0 Å². The molecule has 12 aromatic rings. The number of rotatable bonds is 27. The number of benzene rings is 10. The number of unbranched alkanes of at least 4 members (excludes halogenated alkanes) is 4. The van der Waals surface area contributed by atoms with Gasteiger partial charge in [-0.3, -0.25) is 4.90 Å². The van der Waals surface area contributed by atoms with E-state index in [1.54, 1.807) is 13.2 Å². The zero-order chi connectivity index (χ0) is 93.7. The molecular formula is C118H131B3ClFN6OS3+3. The number of allylic oxidation sites excluding steroid dienone is 17. The zero-order valence-corrected chi connectivity index (χ0v) is 83.4. The monoisotopic (exact) mass is 1830 g/mol. The van der Waals surface area contributed by atoms with E-state index in [-0.39, 0.29) is 11.2 Å². The van der Waals surface area contributed by atoms with Crippen molar-refractivity contribution in [2.75, 3.05) is 48.0 Å². The molecule has 677 valence electrons. The van der Waals surface area contributed by atoms with E-state index in [1.807, 2.05) is 104 Å². The number of methoxy groups -OCH3 is 1. The van der Waals surface area contributed by atoms with Crippen molar-refractivity contribution in [3.05, 3.63) is 405 Å². The molecule has 2 unspecified atom stereocenters. The summed E-state index contributed by atoms with van der Waals surface area (Å²) in [5.74, 6) is 0.748. The quantitative estimate of drug-likeness (QED) is 0.0239. The Bertz CT molecular complexity index is 6270. The molecule has 0 amide bonds. The summed E-state index contributed by atoms with van der Waals surface area (Å²) in [6.45, 7) is 29.4. The van der Waals surface area contributed by atoms with Gasteiger partial charge in [0.2, 0.25) is 11.0 Å². The van der Waals surface area contributed by atoms with Crippen LogP contribution in [0.1, 0.15) is 142 Å². The third-order valence-corrected chi connectivity index (χ3v) is 27.6. The highest BCUT2D eigenvalue weighted by Crippen LogP contribution is 2.51. The van der Waals surface area contributed by atoms with Gasteiger partial charge in [0, 0.05) is 75.7 Å². The Morgan fingerprint density at radius 2 is 1.29 bits per heavy atom. The van der Waals surface area contributed by atoms with Crippen molar-refractivity contribution >= 4 is 164 Å². The molecule has 7 nitrogen and oxygen atoms in total. The zero-order valence-electron chi connectivity index (χ0n) is 80.2. The van der Waals surface area contributed by atoms with E-state index in [4.69, 9.17) is 16.3 Å². The molecule has 0 spiro atoms. The van der Waals surface area contributed by atoms with Crippen molar-refractivity contribution in [2.45, 2.75) is 162 Å². The molecule has 6 heterocycles. The van der Waals surface area contributed by atoms with Crippen molar-refractivity contribution in [3.63, 3.8) is 0 Å². The van der Waals surface area contributed by atoms with Gasteiger partial charge in [0.15, 0.2) is 13.5 Å². The van der Waals surface area contributed by atoms with Crippen molar-refractivity contribution in [3.8, 4) is 5.75 Å². The van der Waals surface area contributed by atoms with Gasteiger partial charge in [0.25, 0.3) is 5.01 Å². The van der Waals surface area contributed by atoms with Gasteiger partial charge >= 0.3 is 0 Å². The normalized spacial score (nSPS) is 16.5. The van der Waals surface area contributed by atoms with Gasteiger partial charge in [-0.1, -0.05) is 368 Å². The second-order valence-electron chi connectivity index (χ2n) is 34.3. The number of thiazole rings is 1. The lowest BCUT2D eigenvalue weighted by Crippen LogP contribution is -3.11. The maximum atomic E-state index is 12.3. The standard InChI is InChI=1S/C33H39N2S2.C31H30ClN2S.C29H30N2.C11H16BO.C7H7BF.C7H8B/c1-5-7-12-20-35-28-16-9-11-18-30(28)37-32(35)22-26-21-25(23-33(3,4)24-26)14-13-19-31-34(6-2)27-15-8-10-17-29(27)36-31;1-4-5-19-34-29-15-13-23-8-6-7-9-26(23)31(29)35-30(34)17-11-22(2)10-12-24-18-20-33(3)28-16-14-25(32)21-27(24)28;1-3-30-26(22-20-24-14-10-12-18-28(24)30)16-8-6-5-7-9-17-27-23-21-25-15-11-13-19-29(25)31(27)4-2;1-3-4-9-12-10-5-7-11(13-2)8-6-10;1-8-6-3-2-4-7(9)5-6;1-8-7-5-3-2-4-6-7/h8-11,13-19,21-22H,5-7,12,20,23-24H2,1-4H3;6-18,20-21H,4-5,19H2,1-3H3;5-23,26H,3-4H2,1-2H3;5-8H,3-4,9H2,1-2H3;2-5H,1H3;2-6H,1H3/q2*+1;;;;/p+1/b;;6-5+,9-7+,16-8+,27-17+;;;. The van der Waals surface area contributed by atoms with Crippen LogP contribution in [0.5, 0.6) is 5.75 Å². The summed E-state index contributed by atoms with van der Waals surface area (Å²) in [5, 5.41) is 8.53. The number of pyridine rings is 1. The molecule has 0 saturated heterocycles. The van der Waals surface area contributed by atoms with Crippen LogP contribution in [0.4, 0.5) is 27.1 Å². The van der Waals surface area contributed by atoms with Crippen molar-refractivity contribution in [1.29, 1.82) is 0 Å². The SMILES string of the molecule is CCCCCN1C(=CC2=CC(=CC=Cc3sc4ccccc4[n+]3CC)CC(C)(C)C2)Sc2ccccc21.CCCCN1/C(=C/C=C(C)/C=C/c2cc[n+](C)c3ccc(Cl)cc23)Sc2c1ccc1ccccc21.CCCC[B]c1ccc(OC)cc1.CCN1/C(=C/C=C/C=C/C=C/C2C=Cc3ccccc3[NH+]2CC)C=Cc2ccccc21.C[B]c1cccc(F)c1.C[B]c1ccccc1. The first-order valence-corrected chi connectivity index (χ1v) is 50.4. The molecule has 2 aromatic heterocycles. The summed E-state index contributed by atoms with van der Waals surface area (Å²) in [6, 6.07) is 81.5. The van der Waals surface area contributed by atoms with Crippen LogP contribution in [0.2, 0.25) is 25.0 Å². The van der Waals surface area contributed by atoms with Gasteiger partial charge < -0.3 is 19.4 Å². The number of hydrogen-bond donors (Lipinski definition) is 1. The Hall–Kier alpha value is -11.3. The number of quaternary nitrogens is 1. The lowest BCUT2D eigenvalue weighted by atomic mass is 9.66. The van der Waals surface area contributed by atoms with E-state index in [9.17, 15) is 4.39 Å². The number of thioether (sulfide) groups is 2. The number of anilines is 3. The number of aryl methyl sites for hydroxylation is 2. The Morgan fingerprint density at radius 3 is 2.05 bits per heavy atom. The van der Waals surface area contributed by atoms with Crippen LogP contribution in [-0.4, -0.2) is 61.2 Å². The third kappa shape index (κ3) is 28.8. The average Bonchev–Trinajstić information content (AvgIpc) is 1.60. The van der Waals surface area contributed by atoms with E-state index >= 15 is 0 Å². The van der Waals surface area contributed by atoms with E-state index in [1.165, 1.54) is 192 Å². The van der Waals surface area contributed by atoms with Gasteiger partial charge in [-0.05, 0) is 213 Å². The summed E-state index contributed by atoms with van der Waals surface area (Å²) in [7, 11) is 9.97. The average molecular weight is 1830 g/mol. The lowest BCUT2D eigenvalue weighted by molar-refractivity contribution is -0.844. The fourth-order valence-corrected chi connectivity index (χ4v) is 20.7. The van der Waals surface area contributed by atoms with E-state index < -0.39 is 0 Å². The molecule has 0 saturated carbocycles. The number of halogens is 2. The molecule has 10 aromatic carbocycles. The fourth-order valence-electron chi connectivity index (χ4n) is 17.0. The fraction of sp³-hybridized carbons (Fsp3) is 0.254. The van der Waals surface area contributed by atoms with Crippen molar-refractivity contribution in [2.24, 2.45) is 12.5 Å². The second-order valence-corrected chi connectivity index (χ2v) is 37.9. The molecule has 133 heavy (non-hydrogen) atoms. The number of nitrogens with one attached hydrogen (secondary N) is 1. The Labute approximate surface area is 814 Å². The minimum atomic E-state index is -0.175. The Kier molecular flexibility index (Phi) is 39.6. The first-order valence-electron chi connectivity index (χ1n) is 47.6. The highest BCUT2D eigenvalue weighted by Gasteiger charge is 2.31. The summed E-state index contributed by atoms with van der Waals surface area (Å²) >= 11 is 12.0.